The molecule has 0 N–H and O–H groups in total. The summed E-state index contributed by atoms with van der Waals surface area (Å²) in [5.41, 5.74) is 0. The fourth-order valence-electron chi connectivity index (χ4n) is 2.93. The van der Waals surface area contributed by atoms with Crippen molar-refractivity contribution in [3.05, 3.63) is 22.4 Å². The number of piperazine rings is 1. The Kier molecular flexibility index (Phi) is 4.70. The number of nitrogens with zero attached hydrogens (tertiary/aromatic N) is 2. The minimum absolute atomic E-state index is 0.268. The molecule has 4 nitrogen and oxygen atoms in total. The molecule has 0 saturated carbocycles. The van der Waals surface area contributed by atoms with E-state index in [1.54, 1.807) is 11.3 Å². The molecule has 0 unspecified atom stereocenters. The molecule has 5 heteroatoms. The van der Waals surface area contributed by atoms with E-state index < -0.39 is 0 Å². The summed E-state index contributed by atoms with van der Waals surface area (Å²) < 4.78 is 5.68. The van der Waals surface area contributed by atoms with Gasteiger partial charge in [-0.1, -0.05) is 6.07 Å². The number of hydrogen-bond donors (Lipinski definition) is 0. The van der Waals surface area contributed by atoms with Crippen molar-refractivity contribution in [1.29, 1.82) is 0 Å². The number of carbonyl (C=O) groups is 1. The third-order valence-electron chi connectivity index (χ3n) is 4.12. The molecule has 1 amide bonds. The standard InChI is InChI=1S/C15H22N2O2S/c18-15(11-14-4-2-10-20-14)17-7-5-16(6-8-17)12-13-3-1-9-19-13/h2,4,10,13H,1,3,5-9,11-12H2/t13-/m0/s1. The van der Waals surface area contributed by atoms with E-state index in [0.717, 1.165) is 44.2 Å². The van der Waals surface area contributed by atoms with Gasteiger partial charge in [-0.2, -0.15) is 0 Å². The lowest BCUT2D eigenvalue weighted by molar-refractivity contribution is -0.132. The Bertz CT molecular complexity index is 421. The molecule has 2 saturated heterocycles. The summed E-state index contributed by atoms with van der Waals surface area (Å²) in [4.78, 5) is 17.8. The average molecular weight is 294 g/mol. The number of amides is 1. The van der Waals surface area contributed by atoms with Gasteiger partial charge < -0.3 is 9.64 Å². The van der Waals surface area contributed by atoms with Gasteiger partial charge in [0.1, 0.15) is 0 Å². The van der Waals surface area contributed by atoms with Crippen LogP contribution in [0.25, 0.3) is 0 Å². The van der Waals surface area contributed by atoms with E-state index in [2.05, 4.69) is 4.90 Å². The zero-order valence-corrected chi connectivity index (χ0v) is 12.6. The Morgan fingerprint density at radius 1 is 1.35 bits per heavy atom. The van der Waals surface area contributed by atoms with Gasteiger partial charge in [-0.3, -0.25) is 9.69 Å². The molecule has 3 heterocycles. The van der Waals surface area contributed by atoms with Gasteiger partial charge in [0.25, 0.3) is 0 Å². The summed E-state index contributed by atoms with van der Waals surface area (Å²) in [6.07, 6.45) is 3.37. The average Bonchev–Trinajstić information content (AvgIpc) is 3.13. The summed E-state index contributed by atoms with van der Waals surface area (Å²) in [6, 6.07) is 4.04. The van der Waals surface area contributed by atoms with Crippen LogP contribution in [0.5, 0.6) is 0 Å². The Labute approximate surface area is 124 Å². The van der Waals surface area contributed by atoms with Gasteiger partial charge in [-0.25, -0.2) is 0 Å². The topological polar surface area (TPSA) is 32.8 Å². The Morgan fingerprint density at radius 3 is 2.85 bits per heavy atom. The van der Waals surface area contributed by atoms with Crippen LogP contribution in [0.2, 0.25) is 0 Å². The van der Waals surface area contributed by atoms with Crippen LogP contribution in [0.1, 0.15) is 17.7 Å². The van der Waals surface area contributed by atoms with Gasteiger partial charge in [0.2, 0.25) is 5.91 Å². The highest BCUT2D eigenvalue weighted by Crippen LogP contribution is 2.15. The summed E-state index contributed by atoms with van der Waals surface area (Å²) in [7, 11) is 0. The van der Waals surface area contributed by atoms with Crippen molar-refractivity contribution in [3.8, 4) is 0 Å². The molecular formula is C15H22N2O2S. The monoisotopic (exact) mass is 294 g/mol. The third-order valence-corrected chi connectivity index (χ3v) is 4.99. The van der Waals surface area contributed by atoms with E-state index in [1.165, 1.54) is 12.8 Å². The van der Waals surface area contributed by atoms with Gasteiger partial charge >= 0.3 is 0 Å². The summed E-state index contributed by atoms with van der Waals surface area (Å²) in [5.74, 6) is 0.268. The molecule has 1 aromatic rings. The molecule has 3 rings (SSSR count). The molecule has 1 atom stereocenters. The Balaban J connectivity index is 1.42. The molecule has 110 valence electrons. The predicted octanol–water partition coefficient (Wildman–Crippen LogP) is 1.61. The highest BCUT2D eigenvalue weighted by Gasteiger charge is 2.24. The van der Waals surface area contributed by atoms with E-state index >= 15 is 0 Å². The molecule has 1 aromatic heterocycles. The molecule has 2 fully saturated rings. The Morgan fingerprint density at radius 2 is 2.20 bits per heavy atom. The van der Waals surface area contributed by atoms with Crippen molar-refractivity contribution in [1.82, 2.24) is 9.80 Å². The van der Waals surface area contributed by atoms with Gasteiger partial charge in [0.05, 0.1) is 12.5 Å². The van der Waals surface area contributed by atoms with Crippen molar-refractivity contribution < 1.29 is 9.53 Å². The maximum atomic E-state index is 12.2. The van der Waals surface area contributed by atoms with Crippen molar-refractivity contribution >= 4 is 17.2 Å². The molecular weight excluding hydrogens is 272 g/mol. The first kappa shape index (κ1) is 14.0. The SMILES string of the molecule is O=C(Cc1cccs1)N1CCN(C[C@@H]2CCCO2)CC1. The van der Waals surface area contributed by atoms with Crippen LogP contribution >= 0.6 is 11.3 Å². The van der Waals surface area contributed by atoms with E-state index in [9.17, 15) is 4.79 Å². The number of ether oxygens (including phenoxy) is 1. The number of hydrogen-bond acceptors (Lipinski definition) is 4. The highest BCUT2D eigenvalue weighted by atomic mass is 32.1. The van der Waals surface area contributed by atoms with Crippen molar-refractivity contribution in [3.63, 3.8) is 0 Å². The summed E-state index contributed by atoms with van der Waals surface area (Å²) in [5, 5.41) is 2.03. The maximum Gasteiger partial charge on any atom is 0.227 e. The Hall–Kier alpha value is -0.910. The van der Waals surface area contributed by atoms with Crippen LogP contribution in [-0.2, 0) is 16.0 Å². The second-order valence-electron chi connectivity index (χ2n) is 5.57. The van der Waals surface area contributed by atoms with E-state index in [1.807, 2.05) is 22.4 Å². The van der Waals surface area contributed by atoms with Gasteiger partial charge in [-0.15, -0.1) is 11.3 Å². The summed E-state index contributed by atoms with van der Waals surface area (Å²) >= 11 is 1.66. The summed E-state index contributed by atoms with van der Waals surface area (Å²) in [6.45, 7) is 5.64. The first-order chi connectivity index (χ1) is 9.81. The minimum Gasteiger partial charge on any atom is -0.377 e. The normalized spacial score (nSPS) is 24.2. The fourth-order valence-corrected chi connectivity index (χ4v) is 3.63. The number of thiophene rings is 1. The molecule has 0 aliphatic carbocycles. The van der Waals surface area contributed by atoms with Crippen LogP contribution in [0, 0.1) is 0 Å². The first-order valence-electron chi connectivity index (χ1n) is 7.45. The van der Waals surface area contributed by atoms with Gasteiger partial charge in [-0.05, 0) is 24.3 Å². The quantitative estimate of drug-likeness (QED) is 0.846. The van der Waals surface area contributed by atoms with Crippen LogP contribution in [0.3, 0.4) is 0 Å². The molecule has 0 radical (unpaired) electrons. The molecule has 2 aliphatic heterocycles. The molecule has 0 spiro atoms. The van der Waals surface area contributed by atoms with E-state index in [0.29, 0.717) is 12.5 Å². The van der Waals surface area contributed by atoms with Crippen LogP contribution in [0.4, 0.5) is 0 Å². The van der Waals surface area contributed by atoms with Crippen molar-refractivity contribution in [2.45, 2.75) is 25.4 Å². The van der Waals surface area contributed by atoms with Crippen molar-refractivity contribution in [2.75, 3.05) is 39.3 Å². The first-order valence-corrected chi connectivity index (χ1v) is 8.33. The molecule has 0 aromatic carbocycles. The lowest BCUT2D eigenvalue weighted by Crippen LogP contribution is -2.50. The number of carbonyl (C=O) groups excluding carboxylic acids is 1. The minimum atomic E-state index is 0.268. The van der Waals surface area contributed by atoms with Crippen LogP contribution in [-0.4, -0.2) is 61.1 Å². The lowest BCUT2D eigenvalue weighted by atomic mass is 10.2. The largest absolute Gasteiger partial charge is 0.377 e. The molecule has 2 aliphatic rings. The highest BCUT2D eigenvalue weighted by molar-refractivity contribution is 7.10. The lowest BCUT2D eigenvalue weighted by Gasteiger charge is -2.35. The molecule has 0 bridgehead atoms. The second kappa shape index (κ2) is 6.70. The van der Waals surface area contributed by atoms with Crippen LogP contribution < -0.4 is 0 Å². The van der Waals surface area contributed by atoms with Gasteiger partial charge in [0, 0.05) is 44.2 Å². The van der Waals surface area contributed by atoms with E-state index in [-0.39, 0.29) is 5.91 Å². The molecule has 20 heavy (non-hydrogen) atoms. The second-order valence-corrected chi connectivity index (χ2v) is 6.60. The fraction of sp³-hybridized carbons (Fsp3) is 0.667. The zero-order chi connectivity index (χ0) is 13.8. The van der Waals surface area contributed by atoms with Gasteiger partial charge in [0.15, 0.2) is 0 Å². The predicted molar refractivity (Wildman–Crippen MR) is 80.0 cm³/mol. The third kappa shape index (κ3) is 3.59. The van der Waals surface area contributed by atoms with E-state index in [4.69, 9.17) is 4.74 Å². The maximum absolute atomic E-state index is 12.2. The smallest absolute Gasteiger partial charge is 0.227 e. The number of rotatable bonds is 4. The van der Waals surface area contributed by atoms with Crippen molar-refractivity contribution in [2.24, 2.45) is 0 Å². The zero-order valence-electron chi connectivity index (χ0n) is 11.8. The van der Waals surface area contributed by atoms with Crippen LogP contribution in [0.15, 0.2) is 17.5 Å².